The quantitative estimate of drug-likeness (QED) is 0.588. The molecule has 0 spiro atoms. The van der Waals surface area contributed by atoms with E-state index in [2.05, 4.69) is 6.58 Å². The summed E-state index contributed by atoms with van der Waals surface area (Å²) in [7, 11) is 1.36. The molecule has 0 saturated carbocycles. The zero-order chi connectivity index (χ0) is 15.3. The van der Waals surface area contributed by atoms with Crippen LogP contribution in [0.4, 0.5) is 4.79 Å². The number of ether oxygens (including phenoxy) is 2. The maximum atomic E-state index is 12.2. The van der Waals surface area contributed by atoms with Crippen LogP contribution in [0, 0.1) is 5.92 Å². The Labute approximate surface area is 120 Å². The first-order valence-electron chi connectivity index (χ1n) is 6.97. The predicted molar refractivity (Wildman–Crippen MR) is 76.3 cm³/mol. The van der Waals surface area contributed by atoms with Gasteiger partial charge in [-0.05, 0) is 33.6 Å². The van der Waals surface area contributed by atoms with E-state index < -0.39 is 5.60 Å². The maximum absolute atomic E-state index is 12.2. The van der Waals surface area contributed by atoms with Gasteiger partial charge in [0, 0.05) is 18.5 Å². The van der Waals surface area contributed by atoms with Crippen LogP contribution in [0.3, 0.4) is 0 Å². The Morgan fingerprint density at radius 2 is 2.10 bits per heavy atom. The first kappa shape index (κ1) is 16.5. The van der Waals surface area contributed by atoms with E-state index in [1.165, 1.54) is 7.11 Å². The largest absolute Gasteiger partial charge is 0.469 e. The molecule has 1 heterocycles. The summed E-state index contributed by atoms with van der Waals surface area (Å²) in [5.74, 6) is -0.386. The minimum Gasteiger partial charge on any atom is -0.469 e. The van der Waals surface area contributed by atoms with E-state index in [-0.39, 0.29) is 30.4 Å². The Morgan fingerprint density at radius 3 is 2.60 bits per heavy atom. The molecule has 1 saturated heterocycles. The lowest BCUT2D eigenvalue weighted by Gasteiger charge is -2.31. The van der Waals surface area contributed by atoms with Gasteiger partial charge in [0.1, 0.15) is 5.60 Å². The molecule has 1 rings (SSSR count). The third-order valence-electron chi connectivity index (χ3n) is 3.35. The molecule has 0 radical (unpaired) electrons. The predicted octanol–water partition coefficient (Wildman–Crippen LogP) is 2.75. The Kier molecular flexibility index (Phi) is 5.60. The van der Waals surface area contributed by atoms with Crippen molar-refractivity contribution in [3.8, 4) is 0 Å². The first-order valence-corrected chi connectivity index (χ1v) is 6.97. The summed E-state index contributed by atoms with van der Waals surface area (Å²) < 4.78 is 10.1. The number of carbonyl (C=O) groups is 2. The average Bonchev–Trinajstić information content (AvgIpc) is 2.82. The molecule has 5 heteroatoms. The highest BCUT2D eigenvalue weighted by Gasteiger charge is 2.36. The van der Waals surface area contributed by atoms with Crippen molar-refractivity contribution < 1.29 is 19.1 Å². The van der Waals surface area contributed by atoms with E-state index in [0.29, 0.717) is 6.54 Å². The summed E-state index contributed by atoms with van der Waals surface area (Å²) in [4.78, 5) is 25.3. The molecule has 5 nitrogen and oxygen atoms in total. The number of methoxy groups -OCH3 is 1. The van der Waals surface area contributed by atoms with E-state index in [9.17, 15) is 9.59 Å². The van der Waals surface area contributed by atoms with E-state index in [0.717, 1.165) is 12.8 Å². The Morgan fingerprint density at radius 1 is 1.45 bits per heavy atom. The fourth-order valence-electron chi connectivity index (χ4n) is 2.44. The Hall–Kier alpha value is -1.52. The highest BCUT2D eigenvalue weighted by atomic mass is 16.6. The van der Waals surface area contributed by atoms with Crippen molar-refractivity contribution in [2.45, 2.75) is 51.7 Å². The van der Waals surface area contributed by atoms with Gasteiger partial charge < -0.3 is 14.4 Å². The molecule has 0 aromatic rings. The Balaban J connectivity index is 2.74. The molecular weight excluding hydrogens is 258 g/mol. The monoisotopic (exact) mass is 283 g/mol. The molecule has 2 atom stereocenters. The summed E-state index contributed by atoms with van der Waals surface area (Å²) in [6, 6.07) is -0.0403. The van der Waals surface area contributed by atoms with Gasteiger partial charge in [0.15, 0.2) is 0 Å². The molecule has 20 heavy (non-hydrogen) atoms. The molecule has 0 aromatic carbocycles. The van der Waals surface area contributed by atoms with E-state index in [4.69, 9.17) is 9.47 Å². The molecule has 0 aliphatic carbocycles. The van der Waals surface area contributed by atoms with Crippen LogP contribution in [-0.4, -0.2) is 42.3 Å². The molecule has 1 aliphatic heterocycles. The molecule has 0 aromatic heterocycles. The van der Waals surface area contributed by atoms with Crippen molar-refractivity contribution in [1.29, 1.82) is 0 Å². The number of rotatable bonds is 4. The third kappa shape index (κ3) is 4.54. The van der Waals surface area contributed by atoms with Crippen LogP contribution in [0.1, 0.15) is 40.0 Å². The highest BCUT2D eigenvalue weighted by molar-refractivity contribution is 5.71. The SMILES string of the molecule is C=C[C@@H](CC(=O)OC)[C@@H]1CCCN1C(=O)OC(C)(C)C. The standard InChI is InChI=1S/C15H25NO4/c1-6-11(10-13(17)19-5)12-8-7-9-16(12)14(18)20-15(2,3)4/h6,11-12H,1,7-10H2,2-5H3/t11-,12-/m0/s1. The highest BCUT2D eigenvalue weighted by Crippen LogP contribution is 2.28. The van der Waals surface area contributed by atoms with Gasteiger partial charge in [-0.25, -0.2) is 4.79 Å². The Bertz CT molecular complexity index is 373. The number of likely N-dealkylation sites (tertiary alicyclic amines) is 1. The number of hydrogen-bond donors (Lipinski definition) is 0. The number of nitrogens with zero attached hydrogens (tertiary/aromatic N) is 1. The summed E-state index contributed by atoms with van der Waals surface area (Å²) in [5, 5.41) is 0. The van der Waals surface area contributed by atoms with Crippen LogP contribution in [0.25, 0.3) is 0 Å². The van der Waals surface area contributed by atoms with Crippen LogP contribution < -0.4 is 0 Å². The van der Waals surface area contributed by atoms with E-state index in [1.54, 1.807) is 11.0 Å². The summed E-state index contributed by atoms with van der Waals surface area (Å²) >= 11 is 0. The van der Waals surface area contributed by atoms with E-state index >= 15 is 0 Å². The number of amides is 1. The van der Waals surface area contributed by atoms with Gasteiger partial charge in [0.2, 0.25) is 0 Å². The molecule has 0 unspecified atom stereocenters. The molecule has 114 valence electrons. The van der Waals surface area contributed by atoms with E-state index in [1.807, 2.05) is 20.8 Å². The average molecular weight is 283 g/mol. The number of hydrogen-bond acceptors (Lipinski definition) is 4. The van der Waals surface area contributed by atoms with Crippen LogP contribution in [0.2, 0.25) is 0 Å². The second-order valence-electron chi connectivity index (χ2n) is 6.06. The van der Waals surface area contributed by atoms with Gasteiger partial charge in [-0.3, -0.25) is 4.79 Å². The minimum absolute atomic E-state index is 0.0403. The fourth-order valence-corrected chi connectivity index (χ4v) is 2.44. The lowest BCUT2D eigenvalue weighted by atomic mass is 9.94. The normalized spacial score (nSPS) is 20.4. The minimum atomic E-state index is -0.518. The molecule has 0 N–H and O–H groups in total. The lowest BCUT2D eigenvalue weighted by molar-refractivity contribution is -0.141. The zero-order valence-electron chi connectivity index (χ0n) is 12.8. The molecule has 1 fully saturated rings. The summed E-state index contributed by atoms with van der Waals surface area (Å²) in [5.41, 5.74) is -0.518. The topological polar surface area (TPSA) is 55.8 Å². The second-order valence-corrected chi connectivity index (χ2v) is 6.06. The van der Waals surface area contributed by atoms with Gasteiger partial charge in [-0.1, -0.05) is 6.08 Å². The van der Waals surface area contributed by atoms with Crippen LogP contribution in [-0.2, 0) is 14.3 Å². The first-order chi connectivity index (χ1) is 9.28. The van der Waals surface area contributed by atoms with Gasteiger partial charge >= 0.3 is 12.1 Å². The van der Waals surface area contributed by atoms with Crippen LogP contribution in [0.5, 0.6) is 0 Å². The van der Waals surface area contributed by atoms with Gasteiger partial charge in [-0.15, -0.1) is 6.58 Å². The van der Waals surface area contributed by atoms with Crippen LogP contribution >= 0.6 is 0 Å². The van der Waals surface area contributed by atoms with Crippen molar-refractivity contribution in [3.05, 3.63) is 12.7 Å². The summed E-state index contributed by atoms with van der Waals surface area (Å²) in [6.07, 6.45) is 3.41. The molecule has 1 amide bonds. The van der Waals surface area contributed by atoms with Crippen molar-refractivity contribution in [3.63, 3.8) is 0 Å². The van der Waals surface area contributed by atoms with Crippen LogP contribution in [0.15, 0.2) is 12.7 Å². The molecular formula is C15H25NO4. The third-order valence-corrected chi connectivity index (χ3v) is 3.35. The number of carbonyl (C=O) groups excluding carboxylic acids is 2. The van der Waals surface area contributed by atoms with Crippen molar-refractivity contribution in [1.82, 2.24) is 4.90 Å². The van der Waals surface area contributed by atoms with Crippen molar-refractivity contribution in [2.75, 3.05) is 13.7 Å². The number of esters is 1. The van der Waals surface area contributed by atoms with Gasteiger partial charge in [0.05, 0.1) is 13.5 Å². The smallest absolute Gasteiger partial charge is 0.410 e. The van der Waals surface area contributed by atoms with Crippen molar-refractivity contribution >= 4 is 12.1 Å². The lowest BCUT2D eigenvalue weighted by Crippen LogP contribution is -2.43. The van der Waals surface area contributed by atoms with Crippen molar-refractivity contribution in [2.24, 2.45) is 5.92 Å². The second kappa shape index (κ2) is 6.77. The maximum Gasteiger partial charge on any atom is 0.410 e. The van der Waals surface area contributed by atoms with Gasteiger partial charge in [0.25, 0.3) is 0 Å². The summed E-state index contributed by atoms with van der Waals surface area (Å²) in [6.45, 7) is 9.96. The molecule has 0 bridgehead atoms. The fraction of sp³-hybridized carbons (Fsp3) is 0.733. The zero-order valence-corrected chi connectivity index (χ0v) is 12.8. The molecule has 1 aliphatic rings. The van der Waals surface area contributed by atoms with Gasteiger partial charge in [-0.2, -0.15) is 0 Å².